The van der Waals surface area contributed by atoms with Gasteiger partial charge in [-0.05, 0) is 40.0 Å². The van der Waals surface area contributed by atoms with Gasteiger partial charge in [0.2, 0.25) is 0 Å². The lowest BCUT2D eigenvalue weighted by atomic mass is 10.1. The fraction of sp³-hybridized carbons (Fsp3) is 0.750. The maximum atomic E-state index is 12.3. The first-order valence-electron chi connectivity index (χ1n) is 8.42. The highest BCUT2D eigenvalue weighted by Crippen LogP contribution is 2.25. The number of halogens is 1. The number of hydrogen-bond donors (Lipinski definition) is 0. The van der Waals surface area contributed by atoms with E-state index in [1.807, 2.05) is 27.7 Å². The molecule has 2 rings (SSSR count). The molecule has 2 heterocycles. The number of ether oxygens (including phenoxy) is 2. The number of carbonyl (C=O) groups excluding carboxylic acids is 2. The van der Waals surface area contributed by atoms with Crippen LogP contribution in [0.2, 0.25) is 0 Å². The Kier molecular flexibility index (Phi) is 6.26. The molecule has 8 nitrogen and oxygen atoms in total. The van der Waals surface area contributed by atoms with Gasteiger partial charge in [-0.1, -0.05) is 23.7 Å². The third-order valence-corrected chi connectivity index (χ3v) is 4.01. The van der Waals surface area contributed by atoms with E-state index in [1.54, 1.807) is 9.58 Å². The number of amides is 1. The Labute approximate surface area is 152 Å². The van der Waals surface area contributed by atoms with Crippen molar-refractivity contribution in [1.82, 2.24) is 19.9 Å². The Hall–Kier alpha value is -1.83. The minimum atomic E-state index is -0.585. The number of aromatic nitrogens is 3. The number of nitrogens with zero attached hydrogens (tertiary/aromatic N) is 4. The predicted octanol–water partition coefficient (Wildman–Crippen LogP) is 2.77. The van der Waals surface area contributed by atoms with Crippen molar-refractivity contribution in [2.24, 2.45) is 0 Å². The van der Waals surface area contributed by atoms with E-state index >= 15 is 0 Å². The van der Waals surface area contributed by atoms with Crippen LogP contribution in [0.15, 0.2) is 0 Å². The fourth-order valence-corrected chi connectivity index (χ4v) is 2.96. The van der Waals surface area contributed by atoms with E-state index in [0.29, 0.717) is 25.2 Å². The van der Waals surface area contributed by atoms with Crippen LogP contribution >= 0.6 is 11.6 Å². The summed E-state index contributed by atoms with van der Waals surface area (Å²) < 4.78 is 12.0. The van der Waals surface area contributed by atoms with Gasteiger partial charge in [0.1, 0.15) is 5.60 Å². The third kappa shape index (κ3) is 4.84. The Bertz CT molecular complexity index is 626. The Morgan fingerprint density at radius 3 is 2.68 bits per heavy atom. The van der Waals surface area contributed by atoms with Crippen LogP contribution in [0.3, 0.4) is 0 Å². The first-order chi connectivity index (χ1) is 11.8. The second-order valence-corrected chi connectivity index (χ2v) is 7.16. The van der Waals surface area contributed by atoms with Crippen LogP contribution in [0, 0.1) is 0 Å². The van der Waals surface area contributed by atoms with E-state index in [-0.39, 0.29) is 23.9 Å². The molecular formula is C16H25ClN4O4. The second-order valence-electron chi connectivity index (χ2n) is 6.95. The standard InChI is InChI=1S/C16H25ClN4O4/c1-5-12-13(14(22)24-10-17)18-19-21(12)11-7-6-8-20(9-11)15(23)25-16(2,3)4/h11H,5-10H2,1-4H3. The van der Waals surface area contributed by atoms with E-state index in [2.05, 4.69) is 10.3 Å². The van der Waals surface area contributed by atoms with Gasteiger partial charge in [0.05, 0.1) is 11.7 Å². The Morgan fingerprint density at radius 2 is 2.08 bits per heavy atom. The van der Waals surface area contributed by atoms with Crippen molar-refractivity contribution in [1.29, 1.82) is 0 Å². The molecular weight excluding hydrogens is 348 g/mol. The van der Waals surface area contributed by atoms with Gasteiger partial charge in [-0.25, -0.2) is 14.3 Å². The van der Waals surface area contributed by atoms with Crippen molar-refractivity contribution in [2.75, 3.05) is 19.2 Å². The van der Waals surface area contributed by atoms with Crippen LogP contribution in [-0.4, -0.2) is 56.7 Å². The van der Waals surface area contributed by atoms with Crippen molar-refractivity contribution >= 4 is 23.7 Å². The van der Waals surface area contributed by atoms with Crippen molar-refractivity contribution in [3.05, 3.63) is 11.4 Å². The average molecular weight is 373 g/mol. The highest BCUT2D eigenvalue weighted by molar-refractivity contribution is 6.17. The number of alkyl halides is 1. The van der Waals surface area contributed by atoms with Crippen LogP contribution in [0.4, 0.5) is 4.79 Å². The zero-order valence-corrected chi connectivity index (χ0v) is 15.9. The Morgan fingerprint density at radius 1 is 1.36 bits per heavy atom. The molecule has 0 saturated carbocycles. The van der Waals surface area contributed by atoms with Gasteiger partial charge in [-0.3, -0.25) is 0 Å². The SMILES string of the molecule is CCc1c(C(=O)OCCl)nnn1C1CCCN(C(=O)OC(C)(C)C)C1. The lowest BCUT2D eigenvalue weighted by Gasteiger charge is -2.34. The summed E-state index contributed by atoms with van der Waals surface area (Å²) in [6.45, 7) is 8.55. The summed E-state index contributed by atoms with van der Waals surface area (Å²) in [5.74, 6) is -0.585. The molecule has 1 unspecified atom stereocenters. The van der Waals surface area contributed by atoms with E-state index in [9.17, 15) is 9.59 Å². The first kappa shape index (κ1) is 19.5. The molecule has 0 N–H and O–H groups in total. The van der Waals surface area contributed by atoms with Crippen molar-refractivity contribution in [3.8, 4) is 0 Å². The summed E-state index contributed by atoms with van der Waals surface area (Å²) in [5, 5.41) is 8.08. The number of likely N-dealkylation sites (tertiary alicyclic amines) is 1. The topological polar surface area (TPSA) is 86.5 Å². The molecule has 1 atom stereocenters. The summed E-state index contributed by atoms with van der Waals surface area (Å²) in [5.41, 5.74) is 0.327. The van der Waals surface area contributed by atoms with Crippen LogP contribution in [-0.2, 0) is 15.9 Å². The molecule has 0 bridgehead atoms. The lowest BCUT2D eigenvalue weighted by Crippen LogP contribution is -2.43. The van der Waals surface area contributed by atoms with Gasteiger partial charge in [0.25, 0.3) is 0 Å². The van der Waals surface area contributed by atoms with Crippen LogP contribution in [0.5, 0.6) is 0 Å². The van der Waals surface area contributed by atoms with Crippen LogP contribution in [0.1, 0.15) is 62.8 Å². The minimum absolute atomic E-state index is 0.0544. The summed E-state index contributed by atoms with van der Waals surface area (Å²) in [6.07, 6.45) is 1.91. The van der Waals surface area contributed by atoms with Gasteiger partial charge in [0, 0.05) is 13.1 Å². The summed E-state index contributed by atoms with van der Waals surface area (Å²) in [7, 11) is 0. The van der Waals surface area contributed by atoms with Crippen molar-refractivity contribution in [3.63, 3.8) is 0 Å². The van der Waals surface area contributed by atoms with Gasteiger partial charge in [0.15, 0.2) is 11.8 Å². The largest absolute Gasteiger partial charge is 0.445 e. The zero-order valence-electron chi connectivity index (χ0n) is 15.1. The molecule has 1 amide bonds. The maximum Gasteiger partial charge on any atom is 0.410 e. The maximum absolute atomic E-state index is 12.3. The van der Waals surface area contributed by atoms with Gasteiger partial charge < -0.3 is 14.4 Å². The van der Waals surface area contributed by atoms with Gasteiger partial charge in [-0.2, -0.15) is 0 Å². The molecule has 140 valence electrons. The third-order valence-electron chi connectivity index (χ3n) is 3.90. The van der Waals surface area contributed by atoms with E-state index in [4.69, 9.17) is 21.1 Å². The smallest absolute Gasteiger partial charge is 0.410 e. The number of rotatable bonds is 4. The quantitative estimate of drug-likeness (QED) is 0.596. The van der Waals surface area contributed by atoms with Crippen LogP contribution < -0.4 is 0 Å². The highest BCUT2D eigenvalue weighted by Gasteiger charge is 2.31. The minimum Gasteiger partial charge on any atom is -0.445 e. The number of piperidine rings is 1. The van der Waals surface area contributed by atoms with E-state index in [1.165, 1.54) is 0 Å². The number of carbonyl (C=O) groups is 2. The lowest BCUT2D eigenvalue weighted by molar-refractivity contribution is 0.0164. The van der Waals surface area contributed by atoms with Gasteiger partial charge in [-0.15, -0.1) is 5.10 Å². The average Bonchev–Trinajstić information content (AvgIpc) is 2.97. The first-order valence-corrected chi connectivity index (χ1v) is 8.95. The van der Waals surface area contributed by atoms with Crippen LogP contribution in [0.25, 0.3) is 0 Å². The second kappa shape index (κ2) is 8.03. The zero-order chi connectivity index (χ0) is 18.6. The molecule has 0 aliphatic carbocycles. The normalized spacial score (nSPS) is 18.1. The molecule has 1 aromatic heterocycles. The summed E-state index contributed by atoms with van der Waals surface area (Å²) in [4.78, 5) is 25.9. The molecule has 0 aromatic carbocycles. The molecule has 1 saturated heterocycles. The highest BCUT2D eigenvalue weighted by atomic mass is 35.5. The Balaban J connectivity index is 2.16. The molecule has 25 heavy (non-hydrogen) atoms. The molecule has 9 heteroatoms. The summed E-state index contributed by atoms with van der Waals surface area (Å²) in [6, 6.07) is -0.286. The molecule has 1 aromatic rings. The predicted molar refractivity (Wildman–Crippen MR) is 91.6 cm³/mol. The molecule has 1 aliphatic rings. The monoisotopic (exact) mass is 372 g/mol. The van der Waals surface area contributed by atoms with E-state index in [0.717, 1.165) is 12.8 Å². The summed E-state index contributed by atoms with van der Waals surface area (Å²) >= 11 is 5.45. The molecule has 1 fully saturated rings. The van der Waals surface area contributed by atoms with Crippen molar-refractivity contribution < 1.29 is 19.1 Å². The molecule has 1 aliphatic heterocycles. The fourth-order valence-electron chi connectivity index (χ4n) is 2.86. The van der Waals surface area contributed by atoms with Crippen molar-refractivity contribution in [2.45, 2.75) is 58.6 Å². The van der Waals surface area contributed by atoms with Gasteiger partial charge >= 0.3 is 12.1 Å². The molecule has 0 spiro atoms. The number of hydrogen-bond acceptors (Lipinski definition) is 6. The van der Waals surface area contributed by atoms with E-state index < -0.39 is 11.6 Å². The molecule has 0 radical (unpaired) electrons. The number of esters is 1.